The summed E-state index contributed by atoms with van der Waals surface area (Å²) in [6, 6.07) is 11.7. The molecule has 136 valence electrons. The SMILES string of the molecule is Cn1nccc1-c1nc(C2CC(CC3CC3)C2)n(-c2cccc(C#N)c2)n1. The highest BCUT2D eigenvalue weighted by Crippen LogP contribution is 2.48. The molecule has 0 atom stereocenters. The van der Waals surface area contributed by atoms with Gasteiger partial charge in [-0.2, -0.15) is 10.4 Å². The van der Waals surface area contributed by atoms with Gasteiger partial charge in [-0.15, -0.1) is 5.10 Å². The topological polar surface area (TPSA) is 72.3 Å². The van der Waals surface area contributed by atoms with Crippen molar-refractivity contribution in [3.05, 3.63) is 47.9 Å². The minimum atomic E-state index is 0.439. The van der Waals surface area contributed by atoms with Gasteiger partial charge >= 0.3 is 0 Å². The Bertz CT molecular complexity index is 1010. The average molecular weight is 358 g/mol. The van der Waals surface area contributed by atoms with E-state index in [0.29, 0.717) is 17.3 Å². The Balaban J connectivity index is 1.51. The highest BCUT2D eigenvalue weighted by atomic mass is 15.4. The van der Waals surface area contributed by atoms with Crippen LogP contribution in [0.5, 0.6) is 0 Å². The van der Waals surface area contributed by atoms with E-state index in [-0.39, 0.29) is 0 Å². The summed E-state index contributed by atoms with van der Waals surface area (Å²) >= 11 is 0. The number of hydrogen-bond acceptors (Lipinski definition) is 4. The number of rotatable bonds is 5. The molecule has 2 fully saturated rings. The number of aryl methyl sites for hydroxylation is 1. The molecule has 0 bridgehead atoms. The largest absolute Gasteiger partial charge is 0.265 e. The third-order valence-electron chi connectivity index (χ3n) is 5.87. The zero-order chi connectivity index (χ0) is 18.4. The van der Waals surface area contributed by atoms with E-state index in [1.807, 2.05) is 42.1 Å². The number of nitriles is 1. The van der Waals surface area contributed by atoms with Gasteiger partial charge in [-0.25, -0.2) is 9.67 Å². The maximum absolute atomic E-state index is 9.25. The first-order valence-electron chi connectivity index (χ1n) is 9.67. The zero-order valence-electron chi connectivity index (χ0n) is 15.4. The monoisotopic (exact) mass is 358 g/mol. The lowest BCUT2D eigenvalue weighted by Gasteiger charge is -2.34. The van der Waals surface area contributed by atoms with Crippen LogP contribution in [0.3, 0.4) is 0 Å². The highest BCUT2D eigenvalue weighted by Gasteiger charge is 2.37. The van der Waals surface area contributed by atoms with Crippen molar-refractivity contribution < 1.29 is 0 Å². The second-order valence-electron chi connectivity index (χ2n) is 7.92. The summed E-state index contributed by atoms with van der Waals surface area (Å²) in [5.74, 6) is 3.95. The summed E-state index contributed by atoms with van der Waals surface area (Å²) in [5, 5.41) is 18.3. The van der Waals surface area contributed by atoms with Crippen molar-refractivity contribution in [3.8, 4) is 23.3 Å². The van der Waals surface area contributed by atoms with Crippen molar-refractivity contribution in [3.63, 3.8) is 0 Å². The molecule has 2 aliphatic carbocycles. The van der Waals surface area contributed by atoms with Gasteiger partial charge in [-0.3, -0.25) is 4.68 Å². The van der Waals surface area contributed by atoms with Crippen LogP contribution in [0.25, 0.3) is 17.2 Å². The van der Waals surface area contributed by atoms with Crippen LogP contribution in [0.2, 0.25) is 0 Å². The average Bonchev–Trinajstić information content (AvgIpc) is 3.21. The second-order valence-corrected chi connectivity index (χ2v) is 7.92. The Kier molecular flexibility index (Phi) is 3.82. The summed E-state index contributed by atoms with van der Waals surface area (Å²) in [6.07, 6.45) is 8.37. The predicted molar refractivity (Wildman–Crippen MR) is 101 cm³/mol. The molecule has 1 aromatic carbocycles. The van der Waals surface area contributed by atoms with E-state index in [9.17, 15) is 5.26 Å². The molecule has 2 aliphatic rings. The van der Waals surface area contributed by atoms with E-state index in [1.165, 1.54) is 32.1 Å². The maximum atomic E-state index is 9.25. The first-order valence-corrected chi connectivity index (χ1v) is 9.67. The Morgan fingerprint density at radius 2 is 2.04 bits per heavy atom. The van der Waals surface area contributed by atoms with E-state index < -0.39 is 0 Å². The molecule has 6 heteroatoms. The second kappa shape index (κ2) is 6.34. The van der Waals surface area contributed by atoms with Gasteiger partial charge in [0.15, 0.2) is 5.82 Å². The molecule has 0 radical (unpaired) electrons. The molecule has 5 rings (SSSR count). The number of benzene rings is 1. The summed E-state index contributed by atoms with van der Waals surface area (Å²) in [6.45, 7) is 0. The van der Waals surface area contributed by atoms with Gasteiger partial charge in [0.25, 0.3) is 0 Å². The fourth-order valence-electron chi connectivity index (χ4n) is 4.15. The summed E-state index contributed by atoms with van der Waals surface area (Å²) < 4.78 is 3.73. The Morgan fingerprint density at radius 3 is 2.74 bits per heavy atom. The third-order valence-corrected chi connectivity index (χ3v) is 5.87. The fourth-order valence-corrected chi connectivity index (χ4v) is 4.15. The molecule has 0 N–H and O–H groups in total. The van der Waals surface area contributed by atoms with Crippen LogP contribution in [-0.2, 0) is 7.05 Å². The zero-order valence-corrected chi connectivity index (χ0v) is 15.4. The first-order chi connectivity index (χ1) is 13.2. The van der Waals surface area contributed by atoms with Crippen molar-refractivity contribution >= 4 is 0 Å². The van der Waals surface area contributed by atoms with Gasteiger partial charge in [0, 0.05) is 19.2 Å². The molecule has 6 nitrogen and oxygen atoms in total. The van der Waals surface area contributed by atoms with E-state index in [4.69, 9.17) is 10.1 Å². The normalized spacial score (nSPS) is 21.6. The van der Waals surface area contributed by atoms with Gasteiger partial charge in [-0.05, 0) is 55.4 Å². The first kappa shape index (κ1) is 16.2. The van der Waals surface area contributed by atoms with Crippen LogP contribution in [0.15, 0.2) is 36.5 Å². The molecule has 2 aromatic heterocycles. The third kappa shape index (κ3) is 3.03. The maximum Gasteiger partial charge on any atom is 0.200 e. The van der Waals surface area contributed by atoms with Crippen LogP contribution < -0.4 is 0 Å². The molecular formula is C21H22N6. The number of hydrogen-bond donors (Lipinski definition) is 0. The van der Waals surface area contributed by atoms with Crippen molar-refractivity contribution in [1.82, 2.24) is 24.5 Å². The summed E-state index contributed by atoms with van der Waals surface area (Å²) in [7, 11) is 1.90. The molecule has 2 saturated carbocycles. The van der Waals surface area contributed by atoms with Gasteiger partial charge in [0.1, 0.15) is 11.5 Å². The molecule has 0 unspecified atom stereocenters. The van der Waals surface area contributed by atoms with Crippen LogP contribution in [0.1, 0.15) is 49.4 Å². The smallest absolute Gasteiger partial charge is 0.200 e. The standard InChI is InChI=1S/C21H22N6/c1-26-19(7-8-23-26)20-24-21(17-10-16(11-17)9-14-5-6-14)27(25-20)18-4-2-3-15(12-18)13-22/h2-4,7-8,12,14,16-17H,5-6,9-11H2,1H3. The Morgan fingerprint density at radius 1 is 1.19 bits per heavy atom. The molecule has 0 saturated heterocycles. The highest BCUT2D eigenvalue weighted by molar-refractivity contribution is 5.50. The number of aromatic nitrogens is 5. The lowest BCUT2D eigenvalue weighted by Crippen LogP contribution is -2.25. The van der Waals surface area contributed by atoms with Gasteiger partial charge in [0.2, 0.25) is 0 Å². The minimum Gasteiger partial charge on any atom is -0.265 e. The minimum absolute atomic E-state index is 0.439. The van der Waals surface area contributed by atoms with Gasteiger partial charge < -0.3 is 0 Å². The molecule has 0 aliphatic heterocycles. The van der Waals surface area contributed by atoms with E-state index in [0.717, 1.165) is 29.0 Å². The molecular weight excluding hydrogens is 336 g/mol. The quantitative estimate of drug-likeness (QED) is 0.695. The van der Waals surface area contributed by atoms with Gasteiger partial charge in [0.05, 0.1) is 17.3 Å². The van der Waals surface area contributed by atoms with E-state index in [1.54, 1.807) is 10.9 Å². The van der Waals surface area contributed by atoms with Crippen molar-refractivity contribution in [2.75, 3.05) is 0 Å². The number of nitrogens with zero attached hydrogens (tertiary/aromatic N) is 6. The summed E-state index contributed by atoms with van der Waals surface area (Å²) in [4.78, 5) is 4.90. The molecule has 3 aromatic rings. The van der Waals surface area contributed by atoms with Crippen LogP contribution >= 0.6 is 0 Å². The van der Waals surface area contributed by atoms with E-state index >= 15 is 0 Å². The summed E-state index contributed by atoms with van der Waals surface area (Å²) in [5.41, 5.74) is 2.44. The van der Waals surface area contributed by atoms with Crippen molar-refractivity contribution in [1.29, 1.82) is 5.26 Å². The van der Waals surface area contributed by atoms with E-state index in [2.05, 4.69) is 11.2 Å². The fraction of sp³-hybridized carbons (Fsp3) is 0.429. The van der Waals surface area contributed by atoms with Gasteiger partial charge in [-0.1, -0.05) is 18.9 Å². The van der Waals surface area contributed by atoms with Crippen LogP contribution in [0, 0.1) is 23.2 Å². The van der Waals surface area contributed by atoms with Crippen LogP contribution in [-0.4, -0.2) is 24.5 Å². The predicted octanol–water partition coefficient (Wildman–Crippen LogP) is 3.83. The Hall–Kier alpha value is -2.94. The lowest BCUT2D eigenvalue weighted by molar-refractivity contribution is 0.227. The van der Waals surface area contributed by atoms with Crippen molar-refractivity contribution in [2.24, 2.45) is 18.9 Å². The molecule has 2 heterocycles. The molecule has 27 heavy (non-hydrogen) atoms. The van der Waals surface area contributed by atoms with Crippen LogP contribution in [0.4, 0.5) is 0 Å². The molecule has 0 spiro atoms. The molecule has 0 amide bonds. The lowest BCUT2D eigenvalue weighted by atomic mass is 9.72. The Labute approximate surface area is 158 Å². The van der Waals surface area contributed by atoms with Crippen molar-refractivity contribution in [2.45, 2.75) is 38.0 Å².